The molecule has 0 spiro atoms. The third-order valence-corrected chi connectivity index (χ3v) is 7.24. The van der Waals surface area contributed by atoms with Crippen molar-refractivity contribution < 1.29 is 22.7 Å². The fraction of sp³-hybridized carbons (Fsp3) is 0.259. The third-order valence-electron chi connectivity index (χ3n) is 5.58. The highest BCUT2D eigenvalue weighted by atomic mass is 32.2. The van der Waals surface area contributed by atoms with Crippen molar-refractivity contribution >= 4 is 27.0 Å². The van der Waals surface area contributed by atoms with Crippen molar-refractivity contribution in [3.05, 3.63) is 78.8 Å². The Labute approximate surface area is 211 Å². The average Bonchev–Trinajstić information content (AvgIpc) is 3.22. The van der Waals surface area contributed by atoms with E-state index in [9.17, 15) is 13.2 Å². The standard InChI is InChI=1S/C27H29N3O5S/c1-27(2,3)35-26(31)29(4)17-21-18-30(36(32,33)23-7-6-14-28-16-23)25-15-20(10-13-24(21)25)19-8-11-22(34-5)12-9-19/h6-16,18H,17H2,1-5H3. The molecule has 0 saturated carbocycles. The van der Waals surface area contributed by atoms with Crippen molar-refractivity contribution in [2.75, 3.05) is 14.2 Å². The lowest BCUT2D eigenvalue weighted by molar-refractivity contribution is 0.0286. The number of fused-ring (bicyclic) bond motifs is 1. The predicted molar refractivity (Wildman–Crippen MR) is 138 cm³/mol. The van der Waals surface area contributed by atoms with Gasteiger partial charge in [-0.25, -0.2) is 17.2 Å². The molecule has 1 amide bonds. The minimum Gasteiger partial charge on any atom is -0.497 e. The van der Waals surface area contributed by atoms with Gasteiger partial charge in [0, 0.05) is 31.0 Å². The summed E-state index contributed by atoms with van der Waals surface area (Å²) in [5, 5.41) is 0.718. The zero-order valence-corrected chi connectivity index (χ0v) is 21.7. The van der Waals surface area contributed by atoms with E-state index >= 15 is 0 Å². The largest absolute Gasteiger partial charge is 0.497 e. The molecular formula is C27H29N3O5S. The molecule has 2 aromatic heterocycles. The maximum atomic E-state index is 13.6. The fourth-order valence-corrected chi connectivity index (χ4v) is 5.17. The molecule has 9 heteroatoms. The van der Waals surface area contributed by atoms with Gasteiger partial charge in [-0.05, 0) is 67.8 Å². The number of benzene rings is 2. The van der Waals surface area contributed by atoms with Gasteiger partial charge in [-0.1, -0.05) is 24.3 Å². The van der Waals surface area contributed by atoms with Gasteiger partial charge in [0.2, 0.25) is 0 Å². The van der Waals surface area contributed by atoms with Crippen LogP contribution in [-0.2, 0) is 21.3 Å². The summed E-state index contributed by atoms with van der Waals surface area (Å²) in [6.07, 6.45) is 3.91. The fourth-order valence-electron chi connectivity index (χ4n) is 3.83. The Morgan fingerprint density at radius 2 is 1.75 bits per heavy atom. The van der Waals surface area contributed by atoms with Crippen LogP contribution < -0.4 is 4.74 Å². The molecule has 0 unspecified atom stereocenters. The highest BCUT2D eigenvalue weighted by molar-refractivity contribution is 7.90. The highest BCUT2D eigenvalue weighted by Gasteiger charge is 2.25. The maximum Gasteiger partial charge on any atom is 0.410 e. The molecule has 0 bridgehead atoms. The second-order valence-electron chi connectivity index (χ2n) is 9.44. The molecule has 2 aromatic carbocycles. The number of ether oxygens (including phenoxy) is 2. The van der Waals surface area contributed by atoms with E-state index in [0.29, 0.717) is 11.1 Å². The Bertz CT molecular complexity index is 1490. The van der Waals surface area contributed by atoms with E-state index in [4.69, 9.17) is 9.47 Å². The Balaban J connectivity index is 1.83. The molecule has 0 aliphatic carbocycles. The van der Waals surface area contributed by atoms with Gasteiger partial charge in [0.15, 0.2) is 0 Å². The summed E-state index contributed by atoms with van der Waals surface area (Å²) in [6.45, 7) is 5.56. The number of nitrogens with zero attached hydrogens (tertiary/aromatic N) is 3. The Hall–Kier alpha value is -3.85. The summed E-state index contributed by atoms with van der Waals surface area (Å²) >= 11 is 0. The van der Waals surface area contributed by atoms with Crippen LogP contribution in [0.3, 0.4) is 0 Å². The summed E-state index contributed by atoms with van der Waals surface area (Å²) in [7, 11) is -0.712. The summed E-state index contributed by atoms with van der Waals surface area (Å²) in [5.74, 6) is 0.731. The van der Waals surface area contributed by atoms with E-state index in [1.807, 2.05) is 42.5 Å². The van der Waals surface area contributed by atoms with E-state index in [1.165, 1.54) is 27.3 Å². The first-order chi connectivity index (χ1) is 17.0. The second-order valence-corrected chi connectivity index (χ2v) is 11.3. The van der Waals surface area contributed by atoms with Gasteiger partial charge in [0.05, 0.1) is 19.2 Å². The highest BCUT2D eigenvalue weighted by Crippen LogP contribution is 2.32. The van der Waals surface area contributed by atoms with Crippen LogP contribution >= 0.6 is 0 Å². The van der Waals surface area contributed by atoms with Crippen LogP contribution in [0.1, 0.15) is 26.3 Å². The minimum atomic E-state index is -3.94. The van der Waals surface area contributed by atoms with E-state index in [1.54, 1.807) is 47.2 Å². The van der Waals surface area contributed by atoms with Crippen molar-refractivity contribution in [2.45, 2.75) is 37.8 Å². The number of carbonyl (C=O) groups excluding carboxylic acids is 1. The van der Waals surface area contributed by atoms with Gasteiger partial charge >= 0.3 is 6.09 Å². The van der Waals surface area contributed by atoms with Crippen LogP contribution in [0, 0.1) is 0 Å². The quantitative estimate of drug-likeness (QED) is 0.351. The first-order valence-electron chi connectivity index (χ1n) is 11.4. The van der Waals surface area contributed by atoms with Crippen molar-refractivity contribution in [2.24, 2.45) is 0 Å². The SMILES string of the molecule is COc1ccc(-c2ccc3c(CN(C)C(=O)OC(C)(C)C)cn(S(=O)(=O)c4cccnc4)c3c2)cc1. The third kappa shape index (κ3) is 5.21. The first kappa shape index (κ1) is 25.2. The molecule has 0 saturated heterocycles. The number of methoxy groups -OCH3 is 1. The van der Waals surface area contributed by atoms with Crippen molar-refractivity contribution in [1.29, 1.82) is 0 Å². The van der Waals surface area contributed by atoms with Crippen molar-refractivity contribution in [1.82, 2.24) is 13.9 Å². The molecule has 0 radical (unpaired) electrons. The van der Waals surface area contributed by atoms with Crippen LogP contribution in [0.4, 0.5) is 4.79 Å². The molecule has 2 heterocycles. The summed E-state index contributed by atoms with van der Waals surface area (Å²) < 4.78 is 39.2. The smallest absolute Gasteiger partial charge is 0.410 e. The number of carbonyl (C=O) groups is 1. The predicted octanol–water partition coefficient (Wildman–Crippen LogP) is 5.32. The Morgan fingerprint density at radius 3 is 2.36 bits per heavy atom. The maximum absolute atomic E-state index is 13.6. The van der Waals surface area contributed by atoms with Crippen LogP contribution in [0.5, 0.6) is 5.75 Å². The summed E-state index contributed by atoms with van der Waals surface area (Å²) in [6, 6.07) is 16.3. The van der Waals surface area contributed by atoms with E-state index < -0.39 is 21.7 Å². The molecule has 0 N–H and O–H groups in total. The molecule has 4 rings (SSSR count). The normalized spacial score (nSPS) is 11.9. The number of hydrogen-bond donors (Lipinski definition) is 0. The lowest BCUT2D eigenvalue weighted by Crippen LogP contribution is -2.33. The molecule has 0 fully saturated rings. The lowest BCUT2D eigenvalue weighted by atomic mass is 10.0. The van der Waals surface area contributed by atoms with Gasteiger partial charge in [0.1, 0.15) is 16.2 Å². The summed E-state index contributed by atoms with van der Waals surface area (Å²) in [4.78, 5) is 18.1. The van der Waals surface area contributed by atoms with Crippen LogP contribution in [0.25, 0.3) is 22.0 Å². The monoisotopic (exact) mass is 507 g/mol. The van der Waals surface area contributed by atoms with Crippen molar-refractivity contribution in [3.8, 4) is 16.9 Å². The molecule has 0 aliphatic heterocycles. The molecule has 36 heavy (non-hydrogen) atoms. The number of rotatable bonds is 6. The van der Waals surface area contributed by atoms with Crippen molar-refractivity contribution in [3.63, 3.8) is 0 Å². The van der Waals surface area contributed by atoms with Gasteiger partial charge in [-0.2, -0.15) is 0 Å². The topological polar surface area (TPSA) is 90.7 Å². The average molecular weight is 508 g/mol. The molecular weight excluding hydrogens is 478 g/mol. The van der Waals surface area contributed by atoms with Gasteiger partial charge in [-0.3, -0.25) is 4.98 Å². The first-order valence-corrected chi connectivity index (χ1v) is 12.8. The zero-order valence-electron chi connectivity index (χ0n) is 20.9. The van der Waals surface area contributed by atoms with Gasteiger partial charge in [0.25, 0.3) is 10.0 Å². The Kier molecular flexibility index (Phi) is 6.77. The molecule has 0 aliphatic rings. The van der Waals surface area contributed by atoms with Crippen LogP contribution in [0.2, 0.25) is 0 Å². The number of pyridine rings is 1. The molecule has 0 atom stereocenters. The lowest BCUT2D eigenvalue weighted by Gasteiger charge is -2.24. The molecule has 8 nitrogen and oxygen atoms in total. The van der Waals surface area contributed by atoms with Gasteiger partial charge < -0.3 is 14.4 Å². The molecule has 4 aromatic rings. The van der Waals surface area contributed by atoms with Gasteiger partial charge in [-0.15, -0.1) is 0 Å². The van der Waals surface area contributed by atoms with Crippen LogP contribution in [0.15, 0.2) is 78.1 Å². The summed E-state index contributed by atoms with van der Waals surface area (Å²) in [5.41, 5.74) is 2.29. The van der Waals surface area contributed by atoms with E-state index in [2.05, 4.69) is 4.98 Å². The zero-order chi connectivity index (χ0) is 26.1. The van der Waals surface area contributed by atoms with E-state index in [-0.39, 0.29) is 11.4 Å². The van der Waals surface area contributed by atoms with E-state index in [0.717, 1.165) is 22.3 Å². The number of amides is 1. The van der Waals surface area contributed by atoms with Crippen LogP contribution in [-0.4, -0.2) is 48.1 Å². The molecule has 188 valence electrons. The minimum absolute atomic E-state index is 0.0730. The number of hydrogen-bond acceptors (Lipinski definition) is 6. The number of aromatic nitrogens is 2. The Morgan fingerprint density at radius 1 is 1.06 bits per heavy atom. The second kappa shape index (κ2) is 9.66.